The molecule has 0 bridgehead atoms. The Morgan fingerprint density at radius 3 is 2.87 bits per heavy atom. The van der Waals surface area contributed by atoms with Gasteiger partial charge in [0.25, 0.3) is 0 Å². The van der Waals surface area contributed by atoms with Crippen LogP contribution in [0.25, 0.3) is 0 Å². The van der Waals surface area contributed by atoms with E-state index in [1.807, 2.05) is 31.2 Å². The highest BCUT2D eigenvalue weighted by molar-refractivity contribution is 7.13. The second kappa shape index (κ2) is 6.74. The van der Waals surface area contributed by atoms with E-state index in [2.05, 4.69) is 15.5 Å². The minimum atomic E-state index is -0.391. The number of hydrogen-bond donors (Lipinski definition) is 1. The normalized spacial score (nSPS) is 17.3. The van der Waals surface area contributed by atoms with Gasteiger partial charge in [0.15, 0.2) is 0 Å². The van der Waals surface area contributed by atoms with Gasteiger partial charge in [0, 0.05) is 18.7 Å². The molecule has 1 atom stereocenters. The first-order chi connectivity index (χ1) is 11.2. The molecule has 23 heavy (non-hydrogen) atoms. The van der Waals surface area contributed by atoms with Crippen LogP contribution >= 0.6 is 11.3 Å². The molecule has 2 heterocycles. The SMILES string of the molecule is CCOc1ccc(N2C[C@@H](C(=O)Nc3nncs3)CC2=O)cc1. The topological polar surface area (TPSA) is 84.4 Å². The fourth-order valence-electron chi connectivity index (χ4n) is 2.46. The first-order valence-corrected chi connectivity index (χ1v) is 8.15. The average Bonchev–Trinajstić information content (AvgIpc) is 3.18. The van der Waals surface area contributed by atoms with Crippen molar-refractivity contribution >= 4 is 34.0 Å². The van der Waals surface area contributed by atoms with Gasteiger partial charge in [-0.3, -0.25) is 9.59 Å². The molecule has 0 radical (unpaired) electrons. The highest BCUT2D eigenvalue weighted by Crippen LogP contribution is 2.27. The fraction of sp³-hybridized carbons (Fsp3) is 0.333. The Morgan fingerprint density at radius 1 is 1.43 bits per heavy atom. The Morgan fingerprint density at radius 2 is 2.22 bits per heavy atom. The maximum atomic E-state index is 12.2. The van der Waals surface area contributed by atoms with Crippen molar-refractivity contribution in [3.63, 3.8) is 0 Å². The molecule has 120 valence electrons. The Labute approximate surface area is 137 Å². The van der Waals surface area contributed by atoms with E-state index in [4.69, 9.17) is 4.74 Å². The third-order valence-corrected chi connectivity index (χ3v) is 4.15. The quantitative estimate of drug-likeness (QED) is 0.904. The smallest absolute Gasteiger partial charge is 0.231 e. The molecule has 1 saturated heterocycles. The molecule has 1 aromatic heterocycles. The largest absolute Gasteiger partial charge is 0.494 e. The highest BCUT2D eigenvalue weighted by atomic mass is 32.1. The van der Waals surface area contributed by atoms with Gasteiger partial charge in [-0.05, 0) is 31.2 Å². The zero-order chi connectivity index (χ0) is 16.2. The molecule has 1 aliphatic heterocycles. The lowest BCUT2D eigenvalue weighted by molar-refractivity contribution is -0.122. The van der Waals surface area contributed by atoms with Crippen LogP contribution in [-0.4, -0.2) is 35.2 Å². The molecule has 1 N–H and O–H groups in total. The van der Waals surface area contributed by atoms with Crippen molar-refractivity contribution < 1.29 is 14.3 Å². The minimum Gasteiger partial charge on any atom is -0.494 e. The number of carbonyl (C=O) groups excluding carboxylic acids is 2. The highest BCUT2D eigenvalue weighted by Gasteiger charge is 2.35. The molecule has 3 rings (SSSR count). The van der Waals surface area contributed by atoms with Crippen LogP contribution in [0.15, 0.2) is 29.8 Å². The van der Waals surface area contributed by atoms with Crippen molar-refractivity contribution in [2.75, 3.05) is 23.4 Å². The molecular formula is C15H16N4O3S. The molecule has 2 amide bonds. The van der Waals surface area contributed by atoms with Crippen molar-refractivity contribution in [3.8, 4) is 5.75 Å². The van der Waals surface area contributed by atoms with Crippen molar-refractivity contribution in [1.82, 2.24) is 10.2 Å². The molecule has 7 nitrogen and oxygen atoms in total. The summed E-state index contributed by atoms with van der Waals surface area (Å²) >= 11 is 1.25. The predicted octanol–water partition coefficient (Wildman–Crippen LogP) is 1.93. The Kier molecular flexibility index (Phi) is 4.52. The number of anilines is 2. The number of nitrogens with zero attached hydrogens (tertiary/aromatic N) is 3. The lowest BCUT2D eigenvalue weighted by Crippen LogP contribution is -2.28. The number of rotatable bonds is 5. The van der Waals surface area contributed by atoms with Crippen molar-refractivity contribution in [2.45, 2.75) is 13.3 Å². The van der Waals surface area contributed by atoms with E-state index < -0.39 is 5.92 Å². The van der Waals surface area contributed by atoms with Crippen LogP contribution in [0.1, 0.15) is 13.3 Å². The summed E-state index contributed by atoms with van der Waals surface area (Å²) in [5, 5.41) is 10.6. The summed E-state index contributed by atoms with van der Waals surface area (Å²) in [6, 6.07) is 7.29. The molecule has 2 aromatic rings. The van der Waals surface area contributed by atoms with E-state index in [1.54, 1.807) is 10.4 Å². The predicted molar refractivity (Wildman–Crippen MR) is 86.6 cm³/mol. The van der Waals surface area contributed by atoms with E-state index in [1.165, 1.54) is 11.3 Å². The molecule has 1 aromatic carbocycles. The molecule has 8 heteroatoms. The van der Waals surface area contributed by atoms with Crippen LogP contribution in [0.5, 0.6) is 5.75 Å². The Balaban J connectivity index is 1.66. The molecule has 0 spiro atoms. The first-order valence-electron chi connectivity index (χ1n) is 7.27. The van der Waals surface area contributed by atoms with Crippen LogP contribution in [-0.2, 0) is 9.59 Å². The van der Waals surface area contributed by atoms with Gasteiger partial charge in [0.2, 0.25) is 16.9 Å². The maximum Gasteiger partial charge on any atom is 0.231 e. The van der Waals surface area contributed by atoms with Crippen LogP contribution in [0.2, 0.25) is 0 Å². The lowest BCUT2D eigenvalue weighted by Gasteiger charge is -2.17. The lowest BCUT2D eigenvalue weighted by atomic mass is 10.1. The fourth-order valence-corrected chi connectivity index (χ4v) is 2.90. The summed E-state index contributed by atoms with van der Waals surface area (Å²) < 4.78 is 5.39. The van der Waals surface area contributed by atoms with E-state index in [0.717, 1.165) is 11.4 Å². The van der Waals surface area contributed by atoms with Crippen LogP contribution < -0.4 is 15.0 Å². The first kappa shape index (κ1) is 15.4. The van der Waals surface area contributed by atoms with Gasteiger partial charge in [-0.15, -0.1) is 10.2 Å². The third kappa shape index (κ3) is 3.48. The van der Waals surface area contributed by atoms with Gasteiger partial charge in [0.05, 0.1) is 12.5 Å². The third-order valence-electron chi connectivity index (χ3n) is 3.55. The van der Waals surface area contributed by atoms with Gasteiger partial charge in [-0.25, -0.2) is 0 Å². The minimum absolute atomic E-state index is 0.0634. The van der Waals surface area contributed by atoms with Crippen LogP contribution in [0.4, 0.5) is 10.8 Å². The van der Waals surface area contributed by atoms with Gasteiger partial charge < -0.3 is 15.0 Å². The van der Waals surface area contributed by atoms with Crippen molar-refractivity contribution in [3.05, 3.63) is 29.8 Å². The zero-order valence-electron chi connectivity index (χ0n) is 12.6. The molecule has 1 aliphatic rings. The molecular weight excluding hydrogens is 316 g/mol. The van der Waals surface area contributed by atoms with Gasteiger partial charge in [-0.1, -0.05) is 11.3 Å². The number of aromatic nitrogens is 2. The number of amides is 2. The summed E-state index contributed by atoms with van der Waals surface area (Å²) in [7, 11) is 0. The van der Waals surface area contributed by atoms with Crippen molar-refractivity contribution in [2.24, 2.45) is 5.92 Å². The monoisotopic (exact) mass is 332 g/mol. The number of ether oxygens (including phenoxy) is 1. The van der Waals surface area contributed by atoms with E-state index in [0.29, 0.717) is 18.3 Å². The number of benzene rings is 1. The van der Waals surface area contributed by atoms with Gasteiger partial charge in [0.1, 0.15) is 11.3 Å². The van der Waals surface area contributed by atoms with Crippen LogP contribution in [0, 0.1) is 5.92 Å². The molecule has 0 unspecified atom stereocenters. The molecule has 0 aliphatic carbocycles. The summed E-state index contributed by atoms with van der Waals surface area (Å²) in [4.78, 5) is 26.0. The Hall–Kier alpha value is -2.48. The van der Waals surface area contributed by atoms with E-state index in [9.17, 15) is 9.59 Å². The van der Waals surface area contributed by atoms with E-state index in [-0.39, 0.29) is 18.2 Å². The maximum absolute atomic E-state index is 12.2. The molecule has 1 fully saturated rings. The summed E-state index contributed by atoms with van der Waals surface area (Å²) in [5.41, 5.74) is 2.31. The summed E-state index contributed by atoms with van der Waals surface area (Å²) in [6.45, 7) is 2.87. The zero-order valence-corrected chi connectivity index (χ0v) is 13.4. The Bertz CT molecular complexity index is 687. The van der Waals surface area contributed by atoms with Crippen molar-refractivity contribution in [1.29, 1.82) is 0 Å². The van der Waals surface area contributed by atoms with E-state index >= 15 is 0 Å². The average molecular weight is 332 g/mol. The van der Waals surface area contributed by atoms with Gasteiger partial charge >= 0.3 is 0 Å². The van der Waals surface area contributed by atoms with Crippen LogP contribution in [0.3, 0.4) is 0 Å². The number of nitrogens with one attached hydrogen (secondary N) is 1. The standard InChI is InChI=1S/C15H16N4O3S/c1-2-22-12-5-3-11(4-6-12)19-8-10(7-13(19)20)14(21)17-15-18-16-9-23-15/h3-6,9-10H,2,7-8H2,1H3,(H,17,18,21)/t10-/m0/s1. The summed E-state index contributed by atoms with van der Waals surface area (Å²) in [5.74, 6) is 0.0986. The number of carbonyl (C=O) groups is 2. The summed E-state index contributed by atoms with van der Waals surface area (Å²) in [6.07, 6.45) is 0.192. The molecule has 0 saturated carbocycles. The van der Waals surface area contributed by atoms with Gasteiger partial charge in [-0.2, -0.15) is 0 Å². The second-order valence-electron chi connectivity index (χ2n) is 5.07. The number of hydrogen-bond acceptors (Lipinski definition) is 6. The second-order valence-corrected chi connectivity index (χ2v) is 5.90.